The van der Waals surface area contributed by atoms with Gasteiger partial charge >= 0.3 is 0 Å². The third kappa shape index (κ3) is 6.69. The predicted molar refractivity (Wildman–Crippen MR) is 79.7 cm³/mol. The van der Waals surface area contributed by atoms with E-state index in [0.29, 0.717) is 6.42 Å². The molecule has 0 amide bonds. The predicted octanol–water partition coefficient (Wildman–Crippen LogP) is 0.907. The fourth-order valence-electron chi connectivity index (χ4n) is 1.90. The van der Waals surface area contributed by atoms with Gasteiger partial charge in [-0.3, -0.25) is 14.6 Å². The largest absolute Gasteiger partial charge is 0.305 e. The Bertz CT molecular complexity index is 230. The van der Waals surface area contributed by atoms with E-state index in [1.807, 2.05) is 0 Å². The zero-order valence-electron chi connectivity index (χ0n) is 11.0. The summed E-state index contributed by atoms with van der Waals surface area (Å²) in [7, 11) is 2.10. The Morgan fingerprint density at radius 2 is 1.76 bits per heavy atom. The van der Waals surface area contributed by atoms with E-state index in [9.17, 15) is 4.79 Å². The highest BCUT2D eigenvalue weighted by atomic mass is 127. The van der Waals surface area contributed by atoms with Crippen molar-refractivity contribution in [2.45, 2.75) is 13.3 Å². The molecule has 1 rings (SSSR count). The van der Waals surface area contributed by atoms with Crippen LogP contribution in [0.5, 0.6) is 0 Å². The van der Waals surface area contributed by atoms with Crippen molar-refractivity contribution >= 4 is 28.4 Å². The summed E-state index contributed by atoms with van der Waals surface area (Å²) < 4.78 is 1.14. The number of likely N-dealkylation sites (N-methyl/N-ethyl adjacent to an activating group) is 1. The van der Waals surface area contributed by atoms with Crippen LogP contribution in [-0.2, 0) is 4.79 Å². The molecule has 0 saturated carbocycles. The Hall–Kier alpha value is 0.280. The number of rotatable bonds is 7. The molecule has 1 saturated heterocycles. The van der Waals surface area contributed by atoms with Crippen LogP contribution in [0.2, 0.25) is 0 Å². The molecule has 0 unspecified atom stereocenters. The monoisotopic (exact) mass is 353 g/mol. The van der Waals surface area contributed by atoms with Gasteiger partial charge in [-0.05, 0) is 14.0 Å². The maximum absolute atomic E-state index is 10.9. The molecule has 0 aromatic carbocycles. The van der Waals surface area contributed by atoms with Crippen LogP contribution < -0.4 is 0 Å². The van der Waals surface area contributed by atoms with Crippen molar-refractivity contribution in [3.63, 3.8) is 0 Å². The molecular formula is C12H24IN3O. The second-order valence-electron chi connectivity index (χ2n) is 4.83. The van der Waals surface area contributed by atoms with Gasteiger partial charge < -0.3 is 4.90 Å². The maximum atomic E-state index is 10.9. The summed E-state index contributed by atoms with van der Waals surface area (Å²) in [5.74, 6) is 0.285. The number of hydrogen-bond acceptors (Lipinski definition) is 4. The van der Waals surface area contributed by atoms with Crippen LogP contribution in [0.3, 0.4) is 0 Å². The molecule has 0 spiro atoms. The number of alkyl halides is 1. The molecule has 1 fully saturated rings. The van der Waals surface area contributed by atoms with Gasteiger partial charge in [-0.15, -0.1) is 0 Å². The van der Waals surface area contributed by atoms with Gasteiger partial charge in [0.2, 0.25) is 0 Å². The van der Waals surface area contributed by atoms with E-state index in [1.54, 1.807) is 6.92 Å². The minimum absolute atomic E-state index is 0.285. The van der Waals surface area contributed by atoms with Crippen LogP contribution in [0, 0.1) is 0 Å². The standard InChI is InChI=1S/C12H24IN3O/c1-12(17)3-4-14(2)5-6-15-7-9-16(11-13)10-8-15/h3-11H2,1-2H3. The van der Waals surface area contributed by atoms with Crippen molar-refractivity contribution in [3.05, 3.63) is 0 Å². The maximum Gasteiger partial charge on any atom is 0.131 e. The van der Waals surface area contributed by atoms with Crippen LogP contribution in [0.1, 0.15) is 13.3 Å². The average molecular weight is 353 g/mol. The molecule has 5 heteroatoms. The smallest absolute Gasteiger partial charge is 0.131 e. The first kappa shape index (κ1) is 15.3. The van der Waals surface area contributed by atoms with E-state index in [2.05, 4.69) is 44.3 Å². The first-order valence-corrected chi connectivity index (χ1v) is 7.83. The molecular weight excluding hydrogens is 329 g/mol. The van der Waals surface area contributed by atoms with Crippen LogP contribution in [0.15, 0.2) is 0 Å². The molecule has 0 atom stereocenters. The fraction of sp³-hybridized carbons (Fsp3) is 0.917. The van der Waals surface area contributed by atoms with Gasteiger partial charge in [0.15, 0.2) is 0 Å². The van der Waals surface area contributed by atoms with E-state index in [1.165, 1.54) is 26.2 Å². The quantitative estimate of drug-likeness (QED) is 0.386. The Labute approximate surface area is 118 Å². The molecule has 0 aromatic rings. The third-order valence-corrected chi connectivity index (χ3v) is 4.24. The number of carbonyl (C=O) groups is 1. The summed E-state index contributed by atoms with van der Waals surface area (Å²) in [6, 6.07) is 0. The van der Waals surface area contributed by atoms with Gasteiger partial charge in [-0.2, -0.15) is 0 Å². The van der Waals surface area contributed by atoms with Crippen molar-refractivity contribution < 1.29 is 4.79 Å². The Morgan fingerprint density at radius 1 is 1.18 bits per heavy atom. The lowest BCUT2D eigenvalue weighted by atomic mass is 10.3. The molecule has 0 bridgehead atoms. The first-order valence-electron chi connectivity index (χ1n) is 6.30. The van der Waals surface area contributed by atoms with Crippen molar-refractivity contribution in [2.75, 3.05) is 57.4 Å². The van der Waals surface area contributed by atoms with Crippen molar-refractivity contribution in [3.8, 4) is 0 Å². The summed E-state index contributed by atoms with van der Waals surface area (Å²) in [6.45, 7) is 9.51. The van der Waals surface area contributed by atoms with Gasteiger partial charge in [0.1, 0.15) is 5.78 Å². The van der Waals surface area contributed by atoms with Crippen LogP contribution in [0.25, 0.3) is 0 Å². The first-order chi connectivity index (χ1) is 8.11. The van der Waals surface area contributed by atoms with E-state index in [-0.39, 0.29) is 5.78 Å². The highest BCUT2D eigenvalue weighted by Gasteiger charge is 2.15. The van der Waals surface area contributed by atoms with Gasteiger partial charge in [-0.25, -0.2) is 0 Å². The molecule has 0 aromatic heterocycles. The number of ketones is 1. The lowest BCUT2D eigenvalue weighted by Crippen LogP contribution is -2.47. The minimum Gasteiger partial charge on any atom is -0.305 e. The van der Waals surface area contributed by atoms with E-state index in [0.717, 1.165) is 24.2 Å². The normalized spacial score (nSPS) is 18.8. The highest BCUT2D eigenvalue weighted by Crippen LogP contribution is 2.03. The summed E-state index contributed by atoms with van der Waals surface area (Å²) in [6.07, 6.45) is 0.680. The number of nitrogens with zero attached hydrogens (tertiary/aromatic N) is 3. The summed E-state index contributed by atoms with van der Waals surface area (Å²) in [4.78, 5) is 18.1. The highest BCUT2D eigenvalue weighted by molar-refractivity contribution is 14.1. The molecule has 100 valence electrons. The second kappa shape index (κ2) is 8.39. The van der Waals surface area contributed by atoms with Gasteiger partial charge in [0.25, 0.3) is 0 Å². The molecule has 0 radical (unpaired) electrons. The van der Waals surface area contributed by atoms with Crippen LogP contribution >= 0.6 is 22.6 Å². The number of piperazine rings is 1. The van der Waals surface area contributed by atoms with Crippen molar-refractivity contribution in [1.82, 2.24) is 14.7 Å². The van der Waals surface area contributed by atoms with Crippen molar-refractivity contribution in [1.29, 1.82) is 0 Å². The average Bonchev–Trinajstić information content (AvgIpc) is 2.34. The minimum atomic E-state index is 0.285. The van der Waals surface area contributed by atoms with Gasteiger partial charge in [-0.1, -0.05) is 22.6 Å². The van der Waals surface area contributed by atoms with Crippen molar-refractivity contribution in [2.24, 2.45) is 0 Å². The lowest BCUT2D eigenvalue weighted by Gasteiger charge is -2.34. The molecule has 1 aliphatic rings. The zero-order chi connectivity index (χ0) is 12.7. The number of Topliss-reactive ketones (excluding diaryl/α,β-unsaturated/α-hetero) is 1. The summed E-state index contributed by atoms with van der Waals surface area (Å²) in [5.41, 5.74) is 0. The van der Waals surface area contributed by atoms with Gasteiger partial charge in [0.05, 0.1) is 4.55 Å². The van der Waals surface area contributed by atoms with E-state index >= 15 is 0 Å². The SMILES string of the molecule is CC(=O)CCN(C)CCN1CCN(CI)CC1. The third-order valence-electron chi connectivity index (χ3n) is 3.28. The molecule has 0 aliphatic carbocycles. The molecule has 4 nitrogen and oxygen atoms in total. The van der Waals surface area contributed by atoms with Crippen LogP contribution in [-0.4, -0.2) is 77.9 Å². The van der Waals surface area contributed by atoms with E-state index < -0.39 is 0 Å². The Morgan fingerprint density at radius 3 is 2.29 bits per heavy atom. The molecule has 0 N–H and O–H groups in total. The second-order valence-corrected chi connectivity index (χ2v) is 5.52. The van der Waals surface area contributed by atoms with Crippen LogP contribution in [0.4, 0.5) is 0 Å². The molecule has 1 heterocycles. The molecule has 17 heavy (non-hydrogen) atoms. The lowest BCUT2D eigenvalue weighted by molar-refractivity contribution is -0.117. The molecule has 1 aliphatic heterocycles. The fourth-order valence-corrected chi connectivity index (χ4v) is 2.59. The van der Waals surface area contributed by atoms with Gasteiger partial charge in [0, 0.05) is 52.2 Å². The van der Waals surface area contributed by atoms with E-state index in [4.69, 9.17) is 0 Å². The Kier molecular flexibility index (Phi) is 7.57. The summed E-state index contributed by atoms with van der Waals surface area (Å²) >= 11 is 2.43. The zero-order valence-corrected chi connectivity index (χ0v) is 13.1. The topological polar surface area (TPSA) is 26.8 Å². The number of halogens is 1. The number of hydrogen-bond donors (Lipinski definition) is 0. The Balaban J connectivity index is 2.08. The number of carbonyl (C=O) groups excluding carboxylic acids is 1. The summed E-state index contributed by atoms with van der Waals surface area (Å²) in [5, 5.41) is 0.